The standard InChI is InChI=1S/C14H23N3O3S.ClH/c1-4-10(3)13(15)14(18)16-11-6-8-12(9-7-11)17-21(19,20)5-2;/h6-10,13,17H,4-5,15H2,1-3H3,(H,16,18);1H. The summed E-state index contributed by atoms with van der Waals surface area (Å²) in [5.74, 6) is -0.137. The van der Waals surface area contributed by atoms with Gasteiger partial charge in [-0.15, -0.1) is 12.4 Å². The molecule has 0 aliphatic carbocycles. The van der Waals surface area contributed by atoms with Gasteiger partial charge in [0.05, 0.1) is 11.8 Å². The maximum absolute atomic E-state index is 11.9. The van der Waals surface area contributed by atoms with E-state index in [-0.39, 0.29) is 30.0 Å². The van der Waals surface area contributed by atoms with Crippen LogP contribution >= 0.6 is 12.4 Å². The second-order valence-electron chi connectivity index (χ2n) is 4.98. The van der Waals surface area contributed by atoms with Gasteiger partial charge in [-0.25, -0.2) is 8.42 Å². The van der Waals surface area contributed by atoms with Crippen LogP contribution in [0.5, 0.6) is 0 Å². The van der Waals surface area contributed by atoms with Crippen LogP contribution in [0.15, 0.2) is 24.3 Å². The third-order valence-corrected chi connectivity index (χ3v) is 4.67. The summed E-state index contributed by atoms with van der Waals surface area (Å²) in [6, 6.07) is 5.90. The van der Waals surface area contributed by atoms with Gasteiger partial charge < -0.3 is 11.1 Å². The topological polar surface area (TPSA) is 101 Å². The summed E-state index contributed by atoms with van der Waals surface area (Å²) in [4.78, 5) is 11.9. The number of amides is 1. The molecule has 4 N–H and O–H groups in total. The van der Waals surface area contributed by atoms with Crippen LogP contribution < -0.4 is 15.8 Å². The fraction of sp³-hybridized carbons (Fsp3) is 0.500. The van der Waals surface area contributed by atoms with Crippen molar-refractivity contribution in [2.45, 2.75) is 33.2 Å². The largest absolute Gasteiger partial charge is 0.325 e. The minimum Gasteiger partial charge on any atom is -0.325 e. The van der Waals surface area contributed by atoms with Crippen molar-refractivity contribution in [3.63, 3.8) is 0 Å². The van der Waals surface area contributed by atoms with E-state index >= 15 is 0 Å². The zero-order valence-electron chi connectivity index (χ0n) is 13.0. The van der Waals surface area contributed by atoms with Gasteiger partial charge in [0.25, 0.3) is 0 Å². The minimum absolute atomic E-state index is 0. The van der Waals surface area contributed by atoms with Gasteiger partial charge in [-0.2, -0.15) is 0 Å². The molecule has 0 aliphatic rings. The predicted octanol–water partition coefficient (Wildman–Crippen LogP) is 2.18. The number of benzene rings is 1. The van der Waals surface area contributed by atoms with Gasteiger partial charge >= 0.3 is 0 Å². The summed E-state index contributed by atoms with van der Waals surface area (Å²) in [5.41, 5.74) is 6.89. The summed E-state index contributed by atoms with van der Waals surface area (Å²) >= 11 is 0. The van der Waals surface area contributed by atoms with Gasteiger partial charge in [-0.3, -0.25) is 9.52 Å². The fourth-order valence-electron chi connectivity index (χ4n) is 1.61. The van der Waals surface area contributed by atoms with Crippen LogP contribution in [0, 0.1) is 5.92 Å². The van der Waals surface area contributed by atoms with Crippen LogP contribution in [0.25, 0.3) is 0 Å². The molecule has 0 spiro atoms. The predicted molar refractivity (Wildman–Crippen MR) is 92.8 cm³/mol. The lowest BCUT2D eigenvalue weighted by Crippen LogP contribution is -2.40. The van der Waals surface area contributed by atoms with Crippen molar-refractivity contribution in [1.29, 1.82) is 0 Å². The molecule has 0 fully saturated rings. The molecule has 0 saturated carbocycles. The van der Waals surface area contributed by atoms with Crippen LogP contribution in [0.3, 0.4) is 0 Å². The number of anilines is 2. The molecule has 1 rings (SSSR count). The lowest BCUT2D eigenvalue weighted by Gasteiger charge is -2.17. The number of carbonyl (C=O) groups excluding carboxylic acids is 1. The smallest absolute Gasteiger partial charge is 0.241 e. The number of rotatable bonds is 7. The third kappa shape index (κ3) is 6.21. The maximum atomic E-state index is 11.9. The number of sulfonamides is 1. The molecule has 1 aromatic carbocycles. The summed E-state index contributed by atoms with van der Waals surface area (Å²) in [7, 11) is -3.29. The van der Waals surface area contributed by atoms with E-state index < -0.39 is 16.1 Å². The van der Waals surface area contributed by atoms with Gasteiger partial charge in [-0.1, -0.05) is 20.3 Å². The van der Waals surface area contributed by atoms with Crippen LogP contribution in [-0.2, 0) is 14.8 Å². The first-order valence-electron chi connectivity index (χ1n) is 6.96. The number of halogens is 1. The normalized spacial score (nSPS) is 13.6. The van der Waals surface area contributed by atoms with E-state index in [0.29, 0.717) is 11.4 Å². The van der Waals surface area contributed by atoms with Crippen LogP contribution in [-0.4, -0.2) is 26.1 Å². The van der Waals surface area contributed by atoms with Crippen molar-refractivity contribution in [2.75, 3.05) is 15.8 Å². The van der Waals surface area contributed by atoms with Gasteiger partial charge in [0.1, 0.15) is 0 Å². The van der Waals surface area contributed by atoms with E-state index in [1.165, 1.54) is 0 Å². The molecular weight excluding hydrogens is 326 g/mol. The third-order valence-electron chi connectivity index (χ3n) is 3.37. The Balaban J connectivity index is 0.00000441. The molecule has 0 heterocycles. The molecule has 1 amide bonds. The van der Waals surface area contributed by atoms with E-state index in [4.69, 9.17) is 5.73 Å². The van der Waals surface area contributed by atoms with Gasteiger partial charge in [0.2, 0.25) is 15.9 Å². The molecule has 2 atom stereocenters. The summed E-state index contributed by atoms with van der Waals surface area (Å²) in [6.45, 7) is 5.46. The minimum atomic E-state index is -3.29. The second kappa shape index (κ2) is 8.97. The first kappa shape index (κ1) is 20.7. The fourth-order valence-corrected chi connectivity index (χ4v) is 2.25. The highest BCUT2D eigenvalue weighted by Crippen LogP contribution is 2.16. The van der Waals surface area contributed by atoms with Crippen molar-refractivity contribution >= 4 is 39.7 Å². The van der Waals surface area contributed by atoms with E-state index in [1.54, 1.807) is 31.2 Å². The molecule has 1 aromatic rings. The van der Waals surface area contributed by atoms with Gasteiger partial charge in [0, 0.05) is 11.4 Å². The summed E-state index contributed by atoms with van der Waals surface area (Å²) < 4.78 is 25.3. The molecule has 6 nitrogen and oxygen atoms in total. The Labute approximate surface area is 138 Å². The van der Waals surface area contributed by atoms with Crippen LogP contribution in [0.4, 0.5) is 11.4 Å². The molecule has 0 bridgehead atoms. The van der Waals surface area contributed by atoms with Crippen molar-refractivity contribution < 1.29 is 13.2 Å². The van der Waals surface area contributed by atoms with E-state index in [2.05, 4.69) is 10.0 Å². The number of hydrogen-bond donors (Lipinski definition) is 3. The van der Waals surface area contributed by atoms with Crippen molar-refractivity contribution in [3.8, 4) is 0 Å². The molecule has 0 saturated heterocycles. The Hall–Kier alpha value is -1.31. The average Bonchev–Trinajstić information content (AvgIpc) is 2.47. The molecule has 126 valence electrons. The highest BCUT2D eigenvalue weighted by Gasteiger charge is 2.19. The lowest BCUT2D eigenvalue weighted by molar-refractivity contribution is -0.118. The molecule has 0 aliphatic heterocycles. The van der Waals surface area contributed by atoms with Gasteiger partial charge in [-0.05, 0) is 37.1 Å². The number of nitrogens with one attached hydrogen (secondary N) is 2. The summed E-state index contributed by atoms with van der Waals surface area (Å²) in [6.07, 6.45) is 0.826. The summed E-state index contributed by atoms with van der Waals surface area (Å²) in [5, 5.41) is 2.72. The zero-order valence-corrected chi connectivity index (χ0v) is 14.6. The highest BCUT2D eigenvalue weighted by molar-refractivity contribution is 7.92. The van der Waals surface area contributed by atoms with Gasteiger partial charge in [0.15, 0.2) is 0 Å². The maximum Gasteiger partial charge on any atom is 0.241 e. The zero-order chi connectivity index (χ0) is 16.0. The average molecular weight is 350 g/mol. The molecular formula is C14H24ClN3O3S. The van der Waals surface area contributed by atoms with E-state index in [9.17, 15) is 13.2 Å². The molecule has 0 aromatic heterocycles. The Morgan fingerprint density at radius 2 is 1.68 bits per heavy atom. The number of nitrogens with two attached hydrogens (primary N) is 1. The Morgan fingerprint density at radius 3 is 2.14 bits per heavy atom. The van der Waals surface area contributed by atoms with E-state index in [0.717, 1.165) is 6.42 Å². The monoisotopic (exact) mass is 349 g/mol. The van der Waals surface area contributed by atoms with Crippen LogP contribution in [0.1, 0.15) is 27.2 Å². The Kier molecular flexibility index (Phi) is 8.44. The van der Waals surface area contributed by atoms with Crippen molar-refractivity contribution in [2.24, 2.45) is 11.7 Å². The molecule has 22 heavy (non-hydrogen) atoms. The SMILES string of the molecule is CCC(C)C(N)C(=O)Nc1ccc(NS(=O)(=O)CC)cc1.Cl. The Bertz CT molecular complexity index is 576. The Morgan fingerprint density at radius 1 is 1.18 bits per heavy atom. The van der Waals surface area contributed by atoms with E-state index in [1.807, 2.05) is 13.8 Å². The van der Waals surface area contributed by atoms with Crippen molar-refractivity contribution in [1.82, 2.24) is 0 Å². The molecule has 0 radical (unpaired) electrons. The quantitative estimate of drug-likeness (QED) is 0.702. The highest BCUT2D eigenvalue weighted by atomic mass is 35.5. The first-order valence-corrected chi connectivity index (χ1v) is 8.61. The first-order chi connectivity index (χ1) is 9.79. The molecule has 2 unspecified atom stereocenters. The lowest BCUT2D eigenvalue weighted by atomic mass is 9.99. The molecule has 8 heteroatoms. The number of carbonyl (C=O) groups is 1. The van der Waals surface area contributed by atoms with Crippen LogP contribution in [0.2, 0.25) is 0 Å². The number of hydrogen-bond acceptors (Lipinski definition) is 4. The van der Waals surface area contributed by atoms with Crippen molar-refractivity contribution in [3.05, 3.63) is 24.3 Å². The second-order valence-corrected chi connectivity index (χ2v) is 6.99.